The molecule has 6 heteroatoms. The van der Waals surface area contributed by atoms with Gasteiger partial charge in [-0.05, 0) is 42.5 Å². The van der Waals surface area contributed by atoms with Crippen molar-refractivity contribution in [2.24, 2.45) is 0 Å². The minimum atomic E-state index is -0.833. The summed E-state index contributed by atoms with van der Waals surface area (Å²) < 4.78 is 0. The highest BCUT2D eigenvalue weighted by Crippen LogP contribution is 2.23. The Kier molecular flexibility index (Phi) is 7.71. The van der Waals surface area contributed by atoms with Gasteiger partial charge < -0.3 is 21.1 Å². The lowest BCUT2D eigenvalue weighted by atomic mass is 9.87. The van der Waals surface area contributed by atoms with Gasteiger partial charge in [0.1, 0.15) is 0 Å². The number of nitrogens with one attached hydrogen (secondary N) is 3. The Balaban J connectivity index is 0.000000648. The van der Waals surface area contributed by atoms with E-state index in [2.05, 4.69) is 48.9 Å². The average Bonchev–Trinajstić information content (AvgIpc) is 2.97. The van der Waals surface area contributed by atoms with E-state index in [4.69, 9.17) is 9.90 Å². The third-order valence-corrected chi connectivity index (χ3v) is 3.68. The number of carboxylic acid groups (broad SMARTS) is 1. The summed E-state index contributed by atoms with van der Waals surface area (Å²) in [5.74, 6) is -0.833. The molecular formula is C18H29N3O3. The van der Waals surface area contributed by atoms with Crippen LogP contribution in [0.3, 0.4) is 0 Å². The lowest BCUT2D eigenvalue weighted by Gasteiger charge is -2.19. The van der Waals surface area contributed by atoms with Crippen LogP contribution in [0.4, 0.5) is 10.5 Å². The number of hydrogen-bond donors (Lipinski definition) is 4. The molecule has 1 atom stereocenters. The molecule has 0 spiro atoms. The van der Waals surface area contributed by atoms with Crippen molar-refractivity contribution in [3.05, 3.63) is 29.8 Å². The van der Waals surface area contributed by atoms with E-state index in [0.29, 0.717) is 12.6 Å². The molecule has 134 valence electrons. The van der Waals surface area contributed by atoms with Crippen LogP contribution in [0, 0.1) is 0 Å². The summed E-state index contributed by atoms with van der Waals surface area (Å²) in [6.45, 7) is 9.36. The predicted molar refractivity (Wildman–Crippen MR) is 96.5 cm³/mol. The van der Waals surface area contributed by atoms with Crippen molar-refractivity contribution in [1.82, 2.24) is 10.6 Å². The molecule has 4 N–H and O–H groups in total. The van der Waals surface area contributed by atoms with Gasteiger partial charge in [0, 0.05) is 25.2 Å². The highest BCUT2D eigenvalue weighted by molar-refractivity contribution is 5.89. The number of anilines is 1. The van der Waals surface area contributed by atoms with Gasteiger partial charge in [0.25, 0.3) is 5.97 Å². The van der Waals surface area contributed by atoms with E-state index in [1.165, 1.54) is 12.0 Å². The monoisotopic (exact) mass is 335 g/mol. The Bertz CT molecular complexity index is 525. The van der Waals surface area contributed by atoms with Crippen molar-refractivity contribution >= 4 is 17.7 Å². The fourth-order valence-electron chi connectivity index (χ4n) is 2.38. The van der Waals surface area contributed by atoms with Gasteiger partial charge in [-0.15, -0.1) is 0 Å². The summed E-state index contributed by atoms with van der Waals surface area (Å²) >= 11 is 0. The Labute approximate surface area is 144 Å². The van der Waals surface area contributed by atoms with Gasteiger partial charge >= 0.3 is 6.03 Å². The van der Waals surface area contributed by atoms with Crippen molar-refractivity contribution in [2.75, 3.05) is 18.4 Å². The van der Waals surface area contributed by atoms with Crippen molar-refractivity contribution < 1.29 is 14.7 Å². The SMILES string of the molecule is CC(=O)O.CC(C)(C)c1ccc(NC(=O)NC[C@@H]2CCCN2)cc1. The third-order valence-electron chi connectivity index (χ3n) is 3.68. The van der Waals surface area contributed by atoms with Gasteiger partial charge in [-0.25, -0.2) is 4.79 Å². The normalized spacial score (nSPS) is 16.8. The molecule has 0 radical (unpaired) electrons. The van der Waals surface area contributed by atoms with Crippen molar-refractivity contribution in [1.29, 1.82) is 0 Å². The van der Waals surface area contributed by atoms with Gasteiger partial charge in [-0.1, -0.05) is 32.9 Å². The summed E-state index contributed by atoms with van der Waals surface area (Å²) in [5, 5.41) is 16.5. The van der Waals surface area contributed by atoms with Crippen LogP contribution in [-0.2, 0) is 10.2 Å². The van der Waals surface area contributed by atoms with E-state index in [0.717, 1.165) is 25.6 Å². The largest absolute Gasteiger partial charge is 0.481 e. The number of hydrogen-bond acceptors (Lipinski definition) is 3. The maximum absolute atomic E-state index is 11.8. The van der Waals surface area contributed by atoms with Crippen LogP contribution in [-0.4, -0.2) is 36.2 Å². The zero-order valence-electron chi connectivity index (χ0n) is 15.0. The summed E-state index contributed by atoms with van der Waals surface area (Å²) in [6, 6.07) is 8.32. The first-order valence-electron chi connectivity index (χ1n) is 8.27. The second-order valence-electron chi connectivity index (χ2n) is 6.97. The molecule has 0 aliphatic carbocycles. The smallest absolute Gasteiger partial charge is 0.319 e. The molecule has 2 amide bonds. The predicted octanol–water partition coefficient (Wildman–Crippen LogP) is 2.95. The van der Waals surface area contributed by atoms with Crippen LogP contribution >= 0.6 is 0 Å². The molecule has 0 bridgehead atoms. The van der Waals surface area contributed by atoms with Crippen LogP contribution < -0.4 is 16.0 Å². The molecule has 2 rings (SSSR count). The minimum absolute atomic E-state index is 0.134. The molecule has 0 saturated carbocycles. The van der Waals surface area contributed by atoms with E-state index in [1.807, 2.05) is 12.1 Å². The van der Waals surface area contributed by atoms with Crippen LogP contribution in [0.25, 0.3) is 0 Å². The van der Waals surface area contributed by atoms with Gasteiger partial charge in [0.15, 0.2) is 0 Å². The van der Waals surface area contributed by atoms with Crippen LogP contribution in [0.5, 0.6) is 0 Å². The van der Waals surface area contributed by atoms with Crippen molar-refractivity contribution in [3.8, 4) is 0 Å². The Morgan fingerprint density at radius 3 is 2.29 bits per heavy atom. The summed E-state index contributed by atoms with van der Waals surface area (Å²) in [6.07, 6.45) is 2.34. The number of carbonyl (C=O) groups excluding carboxylic acids is 1. The van der Waals surface area contributed by atoms with E-state index >= 15 is 0 Å². The molecule has 1 saturated heterocycles. The fourth-order valence-corrected chi connectivity index (χ4v) is 2.38. The van der Waals surface area contributed by atoms with Crippen molar-refractivity contribution in [3.63, 3.8) is 0 Å². The fraction of sp³-hybridized carbons (Fsp3) is 0.556. The first-order valence-corrected chi connectivity index (χ1v) is 8.27. The molecule has 6 nitrogen and oxygen atoms in total. The van der Waals surface area contributed by atoms with Crippen molar-refractivity contribution in [2.45, 2.75) is 52.0 Å². The number of aliphatic carboxylic acids is 1. The van der Waals surface area contributed by atoms with E-state index in [1.54, 1.807) is 0 Å². The molecule has 1 aliphatic heterocycles. The molecule has 0 unspecified atom stereocenters. The molecule has 1 aromatic rings. The summed E-state index contributed by atoms with van der Waals surface area (Å²) in [7, 11) is 0. The topological polar surface area (TPSA) is 90.5 Å². The number of carboxylic acids is 1. The van der Waals surface area contributed by atoms with Gasteiger partial charge in [-0.3, -0.25) is 4.79 Å². The zero-order valence-corrected chi connectivity index (χ0v) is 15.0. The number of urea groups is 1. The Morgan fingerprint density at radius 1 is 1.25 bits per heavy atom. The molecule has 1 heterocycles. The van der Waals surface area contributed by atoms with Gasteiger partial charge in [0.2, 0.25) is 0 Å². The summed E-state index contributed by atoms with van der Waals surface area (Å²) in [4.78, 5) is 20.8. The number of carbonyl (C=O) groups is 2. The lowest BCUT2D eigenvalue weighted by Crippen LogP contribution is -2.39. The molecular weight excluding hydrogens is 306 g/mol. The quantitative estimate of drug-likeness (QED) is 0.683. The van der Waals surface area contributed by atoms with Crippen LogP contribution in [0.2, 0.25) is 0 Å². The molecule has 1 fully saturated rings. The van der Waals surface area contributed by atoms with Gasteiger partial charge in [-0.2, -0.15) is 0 Å². The lowest BCUT2D eigenvalue weighted by molar-refractivity contribution is -0.134. The molecule has 1 aliphatic rings. The second kappa shape index (κ2) is 9.27. The molecule has 0 aromatic heterocycles. The molecule has 1 aromatic carbocycles. The highest BCUT2D eigenvalue weighted by atomic mass is 16.4. The highest BCUT2D eigenvalue weighted by Gasteiger charge is 2.15. The first kappa shape index (κ1) is 20.0. The van der Waals surface area contributed by atoms with E-state index < -0.39 is 5.97 Å². The Morgan fingerprint density at radius 2 is 1.83 bits per heavy atom. The average molecular weight is 335 g/mol. The Hall–Kier alpha value is -2.08. The first-order chi connectivity index (χ1) is 11.2. The van der Waals surface area contributed by atoms with Gasteiger partial charge in [0.05, 0.1) is 0 Å². The second-order valence-corrected chi connectivity index (χ2v) is 6.97. The number of amides is 2. The van der Waals surface area contributed by atoms with E-state index in [9.17, 15) is 4.79 Å². The molecule has 24 heavy (non-hydrogen) atoms. The van der Waals surface area contributed by atoms with E-state index in [-0.39, 0.29) is 11.4 Å². The number of benzene rings is 1. The maximum atomic E-state index is 11.8. The standard InChI is InChI=1S/C16H25N3O.C2H4O2/c1-16(2,3)12-6-8-13(9-7-12)19-15(20)18-11-14-5-4-10-17-14;1-2(3)4/h6-9,14,17H,4-5,10-11H2,1-3H3,(H2,18,19,20);1H3,(H,3,4)/t14-;/m0./s1. The zero-order chi connectivity index (χ0) is 18.2. The minimum Gasteiger partial charge on any atom is -0.481 e. The third kappa shape index (κ3) is 7.97. The summed E-state index contributed by atoms with van der Waals surface area (Å²) in [5.41, 5.74) is 2.23. The van der Waals surface area contributed by atoms with Crippen LogP contribution in [0.15, 0.2) is 24.3 Å². The maximum Gasteiger partial charge on any atom is 0.319 e. The number of rotatable bonds is 3. The van der Waals surface area contributed by atoms with Crippen LogP contribution in [0.1, 0.15) is 46.1 Å².